The van der Waals surface area contributed by atoms with Gasteiger partial charge in [0.05, 0.1) is 6.26 Å². The Kier molecular flexibility index (Phi) is 5.11. The molecule has 2 rings (SSSR count). The van der Waals surface area contributed by atoms with E-state index in [1.54, 1.807) is 12.3 Å². The fraction of sp³-hybridized carbons (Fsp3) is 0.333. The van der Waals surface area contributed by atoms with Crippen molar-refractivity contribution in [2.75, 3.05) is 13.6 Å². The van der Waals surface area contributed by atoms with Gasteiger partial charge in [0.15, 0.2) is 0 Å². The maximum absolute atomic E-state index is 6.28. The lowest BCUT2D eigenvalue weighted by molar-refractivity contribution is 0.240. The van der Waals surface area contributed by atoms with Gasteiger partial charge in [0.25, 0.3) is 0 Å². The molecule has 1 aromatic heterocycles. The molecule has 0 aliphatic carbocycles. The Hall–Kier alpha value is -1.000. The lowest BCUT2D eigenvalue weighted by Gasteiger charge is -2.28. The summed E-state index contributed by atoms with van der Waals surface area (Å²) in [5.41, 5.74) is 8.06. The molecule has 5 heteroatoms. The third-order valence-corrected chi connectivity index (χ3v) is 4.03. The summed E-state index contributed by atoms with van der Waals surface area (Å²) in [6, 6.07) is 7.53. The van der Waals surface area contributed by atoms with Crippen LogP contribution in [0.3, 0.4) is 0 Å². The van der Waals surface area contributed by atoms with Crippen molar-refractivity contribution in [1.29, 1.82) is 0 Å². The first-order chi connectivity index (χ1) is 9.52. The molecule has 2 N–H and O–H groups in total. The van der Waals surface area contributed by atoms with Crippen LogP contribution in [0.4, 0.5) is 0 Å². The van der Waals surface area contributed by atoms with Crippen molar-refractivity contribution in [3.63, 3.8) is 0 Å². The van der Waals surface area contributed by atoms with E-state index >= 15 is 0 Å². The molecule has 108 valence electrons. The minimum atomic E-state index is 0.0362. The van der Waals surface area contributed by atoms with E-state index in [1.165, 1.54) is 0 Å². The quantitative estimate of drug-likeness (QED) is 0.906. The zero-order chi connectivity index (χ0) is 14.7. The molecule has 20 heavy (non-hydrogen) atoms. The molecule has 0 saturated heterocycles. The van der Waals surface area contributed by atoms with Crippen LogP contribution >= 0.6 is 23.2 Å². The van der Waals surface area contributed by atoms with Gasteiger partial charge in [-0.15, -0.1) is 0 Å². The topological polar surface area (TPSA) is 42.4 Å². The average molecular weight is 313 g/mol. The highest BCUT2D eigenvalue weighted by Crippen LogP contribution is 2.29. The van der Waals surface area contributed by atoms with Gasteiger partial charge in [-0.05, 0) is 37.7 Å². The van der Waals surface area contributed by atoms with Crippen molar-refractivity contribution in [2.45, 2.75) is 19.5 Å². The highest BCUT2D eigenvalue weighted by atomic mass is 35.5. The smallest absolute Gasteiger partial charge is 0.105 e. The molecule has 0 spiro atoms. The van der Waals surface area contributed by atoms with E-state index in [0.29, 0.717) is 16.6 Å². The summed E-state index contributed by atoms with van der Waals surface area (Å²) in [5, 5.41) is 1.27. The van der Waals surface area contributed by atoms with Gasteiger partial charge in [0.2, 0.25) is 0 Å². The summed E-state index contributed by atoms with van der Waals surface area (Å²) in [7, 11) is 2.02. The van der Waals surface area contributed by atoms with Crippen molar-refractivity contribution in [3.05, 3.63) is 57.5 Å². The number of hydrogen-bond donors (Lipinski definition) is 1. The van der Waals surface area contributed by atoms with E-state index < -0.39 is 0 Å². The molecule has 0 aliphatic rings. The lowest BCUT2D eigenvalue weighted by atomic mass is 10.0. The molecule has 0 fully saturated rings. The van der Waals surface area contributed by atoms with Crippen molar-refractivity contribution < 1.29 is 4.42 Å². The molecule has 1 atom stereocenters. The van der Waals surface area contributed by atoms with Gasteiger partial charge < -0.3 is 10.2 Å². The van der Waals surface area contributed by atoms with Crippen LogP contribution in [-0.4, -0.2) is 18.5 Å². The van der Waals surface area contributed by atoms with E-state index in [1.807, 2.05) is 32.2 Å². The first kappa shape index (κ1) is 15.4. The number of furan rings is 1. The Bertz CT molecular complexity index is 583. The molecule has 0 aliphatic heterocycles. The highest BCUT2D eigenvalue weighted by Gasteiger charge is 2.19. The second-order valence-electron chi connectivity index (χ2n) is 4.83. The van der Waals surface area contributed by atoms with Gasteiger partial charge in [-0.2, -0.15) is 0 Å². The third-order valence-electron chi connectivity index (χ3n) is 3.46. The van der Waals surface area contributed by atoms with Gasteiger partial charge in [-0.1, -0.05) is 29.3 Å². The second kappa shape index (κ2) is 6.64. The molecule has 1 heterocycles. The molecule has 0 radical (unpaired) electrons. The van der Waals surface area contributed by atoms with Crippen LogP contribution in [0.5, 0.6) is 0 Å². The summed E-state index contributed by atoms with van der Waals surface area (Å²) in [5.74, 6) is 0.926. The molecule has 1 aromatic carbocycles. The van der Waals surface area contributed by atoms with E-state index in [2.05, 4.69) is 4.90 Å². The van der Waals surface area contributed by atoms with Crippen molar-refractivity contribution in [2.24, 2.45) is 5.73 Å². The SMILES string of the molecule is Cc1occc1CN(C)C(CN)c1ccc(Cl)cc1Cl. The van der Waals surface area contributed by atoms with Crippen molar-refractivity contribution in [3.8, 4) is 0 Å². The van der Waals surface area contributed by atoms with E-state index in [9.17, 15) is 0 Å². The summed E-state index contributed by atoms with van der Waals surface area (Å²) >= 11 is 12.2. The first-order valence-corrected chi connectivity index (χ1v) is 7.16. The van der Waals surface area contributed by atoms with Crippen LogP contribution in [0.15, 0.2) is 34.9 Å². The Morgan fingerprint density at radius 2 is 2.05 bits per heavy atom. The van der Waals surface area contributed by atoms with Gasteiger partial charge in [-0.3, -0.25) is 4.90 Å². The molecule has 0 amide bonds. The van der Waals surface area contributed by atoms with Crippen LogP contribution in [0.1, 0.15) is 22.9 Å². The van der Waals surface area contributed by atoms with Crippen LogP contribution in [0.25, 0.3) is 0 Å². The minimum absolute atomic E-state index is 0.0362. The molecule has 3 nitrogen and oxygen atoms in total. The summed E-state index contributed by atoms with van der Waals surface area (Å²) in [6.45, 7) is 3.19. The minimum Gasteiger partial charge on any atom is -0.469 e. The van der Waals surface area contributed by atoms with Gasteiger partial charge >= 0.3 is 0 Å². The number of nitrogens with zero attached hydrogens (tertiary/aromatic N) is 1. The van der Waals surface area contributed by atoms with Gasteiger partial charge in [0.1, 0.15) is 5.76 Å². The number of hydrogen-bond acceptors (Lipinski definition) is 3. The van der Waals surface area contributed by atoms with Crippen molar-refractivity contribution in [1.82, 2.24) is 4.90 Å². The van der Waals surface area contributed by atoms with Crippen LogP contribution < -0.4 is 5.73 Å². The Morgan fingerprint density at radius 1 is 1.30 bits per heavy atom. The molecule has 1 unspecified atom stereocenters. The van der Waals surface area contributed by atoms with Crippen LogP contribution in [0, 0.1) is 6.92 Å². The van der Waals surface area contributed by atoms with E-state index in [4.69, 9.17) is 33.4 Å². The monoisotopic (exact) mass is 312 g/mol. The Labute approximate surface area is 129 Å². The third kappa shape index (κ3) is 3.36. The summed E-state index contributed by atoms with van der Waals surface area (Å²) in [6.07, 6.45) is 1.70. The fourth-order valence-corrected chi connectivity index (χ4v) is 2.80. The number of nitrogens with two attached hydrogens (primary N) is 1. The highest BCUT2D eigenvalue weighted by molar-refractivity contribution is 6.35. The Balaban J connectivity index is 2.21. The number of likely N-dealkylation sites (N-methyl/N-ethyl adjacent to an activating group) is 1. The van der Waals surface area contributed by atoms with Gasteiger partial charge in [0, 0.05) is 34.7 Å². The van der Waals surface area contributed by atoms with Crippen LogP contribution in [-0.2, 0) is 6.54 Å². The number of aryl methyl sites for hydroxylation is 1. The molecule has 2 aromatic rings. The maximum atomic E-state index is 6.28. The van der Waals surface area contributed by atoms with Crippen LogP contribution in [0.2, 0.25) is 10.0 Å². The normalized spacial score (nSPS) is 12.9. The number of halogens is 2. The average Bonchev–Trinajstić information content (AvgIpc) is 2.78. The zero-order valence-electron chi connectivity index (χ0n) is 11.6. The predicted molar refractivity (Wildman–Crippen MR) is 83.2 cm³/mol. The standard InChI is InChI=1S/C15H18Cl2N2O/c1-10-11(5-6-20-10)9-19(2)15(8-18)13-4-3-12(16)7-14(13)17/h3-7,15H,8-9,18H2,1-2H3. The largest absolute Gasteiger partial charge is 0.469 e. The van der Waals surface area contributed by atoms with E-state index in [0.717, 1.165) is 23.4 Å². The summed E-state index contributed by atoms with van der Waals surface area (Å²) < 4.78 is 5.32. The predicted octanol–water partition coefficient (Wildman–Crippen LogP) is 4.03. The summed E-state index contributed by atoms with van der Waals surface area (Å²) in [4.78, 5) is 2.16. The number of rotatable bonds is 5. The lowest BCUT2D eigenvalue weighted by Crippen LogP contribution is -2.30. The molecular weight excluding hydrogens is 295 g/mol. The molecule has 0 saturated carbocycles. The fourth-order valence-electron chi connectivity index (χ4n) is 2.27. The zero-order valence-corrected chi connectivity index (χ0v) is 13.1. The van der Waals surface area contributed by atoms with Crippen molar-refractivity contribution >= 4 is 23.2 Å². The Morgan fingerprint density at radius 3 is 2.60 bits per heavy atom. The van der Waals surface area contributed by atoms with Gasteiger partial charge in [-0.25, -0.2) is 0 Å². The molecular formula is C15H18Cl2N2O. The maximum Gasteiger partial charge on any atom is 0.105 e. The molecule has 0 bridgehead atoms. The van der Waals surface area contributed by atoms with E-state index in [-0.39, 0.29) is 6.04 Å². The number of benzene rings is 1. The first-order valence-electron chi connectivity index (χ1n) is 6.41. The second-order valence-corrected chi connectivity index (χ2v) is 5.68.